The van der Waals surface area contributed by atoms with Gasteiger partial charge in [0.2, 0.25) is 5.91 Å². The van der Waals surface area contributed by atoms with Crippen molar-refractivity contribution >= 4 is 28.8 Å². The fourth-order valence-electron chi connectivity index (χ4n) is 2.25. The van der Waals surface area contributed by atoms with E-state index in [4.69, 9.17) is 18.0 Å². The van der Waals surface area contributed by atoms with Crippen LogP contribution in [0.15, 0.2) is 24.3 Å². The number of hydrogen-bond acceptors (Lipinski definition) is 3. The summed E-state index contributed by atoms with van der Waals surface area (Å²) in [5.74, 6) is 0.163. The van der Waals surface area contributed by atoms with E-state index < -0.39 is 0 Å². The molecule has 102 valence electrons. The first-order chi connectivity index (χ1) is 9.08. The van der Waals surface area contributed by atoms with E-state index in [9.17, 15) is 4.79 Å². The average molecular weight is 277 g/mol. The topological polar surface area (TPSA) is 58.4 Å². The molecule has 1 saturated heterocycles. The normalized spacial score (nSPS) is 16.2. The van der Waals surface area contributed by atoms with Gasteiger partial charge in [0.15, 0.2) is 0 Å². The predicted molar refractivity (Wildman–Crippen MR) is 81.2 cm³/mol. The van der Waals surface area contributed by atoms with Gasteiger partial charge in [0.1, 0.15) is 11.0 Å². The van der Waals surface area contributed by atoms with Crippen molar-refractivity contribution in [1.29, 1.82) is 0 Å². The van der Waals surface area contributed by atoms with Gasteiger partial charge in [-0.1, -0.05) is 12.2 Å². The SMILES string of the molecule is CC(Nc1ccc(C(N)=S)cc1)C(=O)N1CCCC1. The molecule has 0 radical (unpaired) electrons. The van der Waals surface area contributed by atoms with Crippen LogP contribution in [-0.4, -0.2) is 34.9 Å². The van der Waals surface area contributed by atoms with Crippen molar-refractivity contribution in [2.45, 2.75) is 25.8 Å². The number of nitrogens with one attached hydrogen (secondary N) is 1. The molecular weight excluding hydrogens is 258 g/mol. The van der Waals surface area contributed by atoms with Crippen molar-refractivity contribution in [2.24, 2.45) is 5.73 Å². The molecule has 2 rings (SSSR count). The van der Waals surface area contributed by atoms with Gasteiger partial charge in [0.25, 0.3) is 0 Å². The van der Waals surface area contributed by atoms with Crippen molar-refractivity contribution in [1.82, 2.24) is 4.90 Å². The van der Waals surface area contributed by atoms with E-state index in [1.54, 1.807) is 0 Å². The molecule has 0 aliphatic carbocycles. The second-order valence-electron chi connectivity index (χ2n) is 4.84. The van der Waals surface area contributed by atoms with Crippen molar-refractivity contribution in [3.05, 3.63) is 29.8 Å². The summed E-state index contributed by atoms with van der Waals surface area (Å²) in [7, 11) is 0. The first-order valence-electron chi connectivity index (χ1n) is 6.53. The van der Waals surface area contributed by atoms with Crippen molar-refractivity contribution in [3.8, 4) is 0 Å². The lowest BCUT2D eigenvalue weighted by atomic mass is 10.2. The third kappa shape index (κ3) is 3.44. The molecule has 1 amide bonds. The van der Waals surface area contributed by atoms with E-state index in [0.29, 0.717) is 4.99 Å². The summed E-state index contributed by atoms with van der Waals surface area (Å²) in [6.45, 7) is 3.65. The quantitative estimate of drug-likeness (QED) is 0.823. The number of amides is 1. The Kier molecular flexibility index (Phi) is 4.37. The molecule has 1 heterocycles. The smallest absolute Gasteiger partial charge is 0.244 e. The average Bonchev–Trinajstić information content (AvgIpc) is 2.92. The monoisotopic (exact) mass is 277 g/mol. The number of thiocarbonyl (C=S) groups is 1. The number of rotatable bonds is 4. The standard InChI is InChI=1S/C14H19N3OS/c1-10(14(18)17-8-2-3-9-17)16-12-6-4-11(5-7-12)13(15)19/h4-7,10,16H,2-3,8-9H2,1H3,(H2,15,19). The Morgan fingerprint density at radius 2 is 1.89 bits per heavy atom. The number of carbonyl (C=O) groups is 1. The lowest BCUT2D eigenvalue weighted by molar-refractivity contribution is -0.130. The summed E-state index contributed by atoms with van der Waals surface area (Å²) < 4.78 is 0. The fourth-order valence-corrected chi connectivity index (χ4v) is 2.39. The molecule has 0 saturated carbocycles. The summed E-state index contributed by atoms with van der Waals surface area (Å²) in [4.78, 5) is 14.4. The molecule has 4 nitrogen and oxygen atoms in total. The first-order valence-corrected chi connectivity index (χ1v) is 6.94. The highest BCUT2D eigenvalue weighted by Crippen LogP contribution is 2.14. The van der Waals surface area contributed by atoms with Gasteiger partial charge in [-0.15, -0.1) is 0 Å². The van der Waals surface area contributed by atoms with Gasteiger partial charge in [-0.25, -0.2) is 0 Å². The molecule has 1 aromatic rings. The minimum atomic E-state index is -0.214. The van der Waals surface area contributed by atoms with E-state index >= 15 is 0 Å². The van der Waals surface area contributed by atoms with Crippen LogP contribution in [0.5, 0.6) is 0 Å². The molecule has 1 aromatic carbocycles. The number of anilines is 1. The largest absolute Gasteiger partial charge is 0.389 e. The van der Waals surface area contributed by atoms with Crippen LogP contribution in [-0.2, 0) is 4.79 Å². The highest BCUT2D eigenvalue weighted by atomic mass is 32.1. The zero-order valence-corrected chi connectivity index (χ0v) is 11.9. The van der Waals surface area contributed by atoms with Gasteiger partial charge < -0.3 is 16.0 Å². The zero-order chi connectivity index (χ0) is 13.8. The van der Waals surface area contributed by atoms with Crippen molar-refractivity contribution in [3.63, 3.8) is 0 Å². The minimum Gasteiger partial charge on any atom is -0.389 e. The number of likely N-dealkylation sites (tertiary alicyclic amines) is 1. The molecular formula is C14H19N3OS. The number of nitrogens with zero attached hydrogens (tertiary/aromatic N) is 1. The molecule has 0 bridgehead atoms. The number of nitrogens with two attached hydrogens (primary N) is 1. The molecule has 1 aliphatic rings. The molecule has 3 N–H and O–H groups in total. The number of hydrogen-bond donors (Lipinski definition) is 2. The molecule has 5 heteroatoms. The van der Waals surface area contributed by atoms with Crippen LogP contribution in [0.1, 0.15) is 25.3 Å². The zero-order valence-electron chi connectivity index (χ0n) is 11.1. The van der Waals surface area contributed by atoms with E-state index in [1.165, 1.54) is 0 Å². The lowest BCUT2D eigenvalue weighted by Crippen LogP contribution is -2.39. The van der Waals surface area contributed by atoms with Crippen LogP contribution >= 0.6 is 12.2 Å². The first kappa shape index (κ1) is 13.8. The van der Waals surface area contributed by atoms with Crippen molar-refractivity contribution in [2.75, 3.05) is 18.4 Å². The number of carbonyl (C=O) groups excluding carboxylic acids is 1. The van der Waals surface area contributed by atoms with Crippen molar-refractivity contribution < 1.29 is 4.79 Å². The Balaban J connectivity index is 1.96. The van der Waals surface area contributed by atoms with E-state index in [0.717, 1.165) is 37.2 Å². The summed E-state index contributed by atoms with van der Waals surface area (Å²) in [5, 5.41) is 3.21. The Labute approximate surface area is 119 Å². The van der Waals surface area contributed by atoms with E-state index in [-0.39, 0.29) is 11.9 Å². The Bertz CT molecular complexity index is 466. The van der Waals surface area contributed by atoms with Gasteiger partial charge in [0, 0.05) is 24.3 Å². The maximum Gasteiger partial charge on any atom is 0.244 e. The minimum absolute atomic E-state index is 0.163. The van der Waals surface area contributed by atoms with Gasteiger partial charge in [-0.3, -0.25) is 4.79 Å². The van der Waals surface area contributed by atoms with Gasteiger partial charge in [0.05, 0.1) is 0 Å². The van der Waals surface area contributed by atoms with Gasteiger partial charge in [-0.05, 0) is 44.0 Å². The Hall–Kier alpha value is -1.62. The highest BCUT2D eigenvalue weighted by molar-refractivity contribution is 7.80. The maximum atomic E-state index is 12.1. The third-order valence-corrected chi connectivity index (χ3v) is 3.58. The molecule has 19 heavy (non-hydrogen) atoms. The Morgan fingerprint density at radius 1 is 1.32 bits per heavy atom. The van der Waals surface area contributed by atoms with E-state index in [1.807, 2.05) is 36.1 Å². The van der Waals surface area contributed by atoms with Crippen LogP contribution in [0.2, 0.25) is 0 Å². The maximum absolute atomic E-state index is 12.1. The third-order valence-electron chi connectivity index (χ3n) is 3.34. The molecule has 1 unspecified atom stereocenters. The summed E-state index contributed by atoms with van der Waals surface area (Å²) in [5.41, 5.74) is 7.28. The molecule has 1 fully saturated rings. The van der Waals surface area contributed by atoms with Crippen LogP contribution < -0.4 is 11.1 Å². The molecule has 1 aliphatic heterocycles. The summed E-state index contributed by atoms with van der Waals surface area (Å²) >= 11 is 4.90. The van der Waals surface area contributed by atoms with Gasteiger partial charge >= 0.3 is 0 Å². The number of benzene rings is 1. The van der Waals surface area contributed by atoms with Crippen LogP contribution in [0.3, 0.4) is 0 Å². The Morgan fingerprint density at radius 3 is 2.42 bits per heavy atom. The van der Waals surface area contributed by atoms with Crippen LogP contribution in [0.25, 0.3) is 0 Å². The fraction of sp³-hybridized carbons (Fsp3) is 0.429. The summed E-state index contributed by atoms with van der Waals surface area (Å²) in [6, 6.07) is 7.29. The predicted octanol–water partition coefficient (Wildman–Crippen LogP) is 1.74. The van der Waals surface area contributed by atoms with Crippen LogP contribution in [0.4, 0.5) is 5.69 Å². The second-order valence-corrected chi connectivity index (χ2v) is 5.28. The van der Waals surface area contributed by atoms with Crippen LogP contribution in [0, 0.1) is 0 Å². The van der Waals surface area contributed by atoms with E-state index in [2.05, 4.69) is 5.32 Å². The second kappa shape index (κ2) is 6.02. The molecule has 0 aromatic heterocycles. The highest BCUT2D eigenvalue weighted by Gasteiger charge is 2.22. The lowest BCUT2D eigenvalue weighted by Gasteiger charge is -2.22. The molecule has 1 atom stereocenters. The molecule has 0 spiro atoms. The summed E-state index contributed by atoms with van der Waals surface area (Å²) in [6.07, 6.45) is 2.22. The van der Waals surface area contributed by atoms with Gasteiger partial charge in [-0.2, -0.15) is 0 Å².